The topological polar surface area (TPSA) is 52.5 Å². The first-order valence-electron chi connectivity index (χ1n) is 12.1. The second kappa shape index (κ2) is 12.2. The first-order chi connectivity index (χ1) is 15.3. The van der Waals surface area contributed by atoms with E-state index in [0.717, 1.165) is 34.8 Å². The van der Waals surface area contributed by atoms with Crippen molar-refractivity contribution < 1.29 is 0 Å². The van der Waals surface area contributed by atoms with Crippen LogP contribution in [0.1, 0.15) is 95.1 Å². The molecule has 1 aromatic heterocycles. The highest BCUT2D eigenvalue weighted by Crippen LogP contribution is 2.31. The first-order valence-corrected chi connectivity index (χ1v) is 12.1. The van der Waals surface area contributed by atoms with Crippen LogP contribution in [0.3, 0.4) is 0 Å². The normalized spacial score (nSPS) is 11.1. The molecule has 3 nitrogen and oxygen atoms in total. The summed E-state index contributed by atoms with van der Waals surface area (Å²) < 4.78 is 2.36. The maximum Gasteiger partial charge on any atom is 0.0991 e. The van der Waals surface area contributed by atoms with E-state index >= 15 is 0 Å². The molecule has 0 unspecified atom stereocenters. The molecule has 0 saturated carbocycles. The minimum absolute atomic E-state index is 0.666. The number of fused-ring (bicyclic) bond motifs is 3. The van der Waals surface area contributed by atoms with Crippen molar-refractivity contribution in [3.05, 3.63) is 47.5 Å². The molecule has 0 aliphatic heterocycles. The summed E-state index contributed by atoms with van der Waals surface area (Å²) >= 11 is 0. The highest BCUT2D eigenvalue weighted by molar-refractivity contribution is 6.08. The Morgan fingerprint density at radius 2 is 1.03 bits per heavy atom. The average molecular weight is 414 g/mol. The van der Waals surface area contributed by atoms with E-state index in [1.807, 2.05) is 24.3 Å². The number of benzene rings is 2. The Balaban J connectivity index is 1.51. The van der Waals surface area contributed by atoms with Crippen LogP contribution in [0.15, 0.2) is 36.4 Å². The number of hydrogen-bond donors (Lipinski definition) is 0. The molecule has 0 amide bonds. The molecule has 2 aromatic carbocycles. The lowest BCUT2D eigenvalue weighted by atomic mass is 10.1. The van der Waals surface area contributed by atoms with Gasteiger partial charge in [0.15, 0.2) is 0 Å². The van der Waals surface area contributed by atoms with Gasteiger partial charge in [0.2, 0.25) is 0 Å². The molecule has 0 aliphatic carbocycles. The van der Waals surface area contributed by atoms with E-state index in [1.54, 1.807) is 0 Å². The molecule has 0 atom stereocenters. The van der Waals surface area contributed by atoms with Gasteiger partial charge >= 0.3 is 0 Å². The minimum Gasteiger partial charge on any atom is -0.340 e. The molecule has 3 aromatic rings. The van der Waals surface area contributed by atoms with Gasteiger partial charge in [-0.3, -0.25) is 0 Å². The van der Waals surface area contributed by atoms with Gasteiger partial charge in [0.25, 0.3) is 0 Å². The number of nitriles is 2. The van der Waals surface area contributed by atoms with Crippen LogP contribution in [-0.4, -0.2) is 4.57 Å². The second-order valence-corrected chi connectivity index (χ2v) is 8.73. The van der Waals surface area contributed by atoms with E-state index < -0.39 is 0 Å². The first kappa shape index (κ1) is 22.9. The van der Waals surface area contributed by atoms with Crippen molar-refractivity contribution in [3.63, 3.8) is 0 Å². The Morgan fingerprint density at radius 3 is 1.45 bits per heavy atom. The predicted molar refractivity (Wildman–Crippen MR) is 130 cm³/mol. The fraction of sp³-hybridized carbons (Fsp3) is 0.500. The summed E-state index contributed by atoms with van der Waals surface area (Å²) in [5.74, 6) is 0. The van der Waals surface area contributed by atoms with E-state index in [0.29, 0.717) is 11.1 Å². The van der Waals surface area contributed by atoms with Crippen LogP contribution in [-0.2, 0) is 6.54 Å². The van der Waals surface area contributed by atoms with Crippen LogP contribution in [0.4, 0.5) is 0 Å². The monoisotopic (exact) mass is 413 g/mol. The molecule has 0 aliphatic rings. The Morgan fingerprint density at radius 1 is 0.613 bits per heavy atom. The van der Waals surface area contributed by atoms with E-state index in [9.17, 15) is 10.5 Å². The number of unbranched alkanes of at least 4 members (excludes halogenated alkanes) is 11. The maximum atomic E-state index is 9.29. The number of rotatable bonds is 13. The fourth-order valence-corrected chi connectivity index (χ4v) is 4.59. The van der Waals surface area contributed by atoms with E-state index in [-0.39, 0.29) is 0 Å². The lowest BCUT2D eigenvalue weighted by Crippen LogP contribution is -1.98. The molecule has 0 fully saturated rings. The molecule has 1 heterocycles. The highest BCUT2D eigenvalue weighted by atomic mass is 15.0. The molecule has 3 rings (SSSR count). The van der Waals surface area contributed by atoms with Crippen molar-refractivity contribution in [3.8, 4) is 12.1 Å². The smallest absolute Gasteiger partial charge is 0.0991 e. The average Bonchev–Trinajstić information content (AvgIpc) is 3.11. The summed E-state index contributed by atoms with van der Waals surface area (Å²) in [4.78, 5) is 0. The van der Waals surface area contributed by atoms with Gasteiger partial charge in [-0.05, 0) is 42.8 Å². The zero-order valence-electron chi connectivity index (χ0n) is 19.0. The number of hydrogen-bond acceptors (Lipinski definition) is 2. The molecule has 3 heteroatoms. The van der Waals surface area contributed by atoms with E-state index in [4.69, 9.17) is 0 Å². The molecule has 0 N–H and O–H groups in total. The maximum absolute atomic E-state index is 9.29. The van der Waals surface area contributed by atoms with E-state index in [2.05, 4.69) is 35.8 Å². The predicted octanol–water partition coefficient (Wildman–Crippen LogP) is 8.24. The zero-order chi connectivity index (χ0) is 21.9. The Hall–Kier alpha value is -2.78. The standard InChI is InChI=1S/C28H35N3/c1-2-3-4-5-6-7-8-9-10-11-12-13-18-31-27-16-14-23(21-29)19-25(27)26-20-24(22-30)15-17-28(26)31/h14-17,19-20H,2-13,18H2,1H3. The van der Waals surface area contributed by atoms with Gasteiger partial charge in [-0.1, -0.05) is 77.6 Å². The summed E-state index contributed by atoms with van der Waals surface area (Å²) in [7, 11) is 0. The van der Waals surface area contributed by atoms with Crippen molar-refractivity contribution in [1.29, 1.82) is 10.5 Å². The molecule has 0 spiro atoms. The third-order valence-electron chi connectivity index (χ3n) is 6.36. The summed E-state index contributed by atoms with van der Waals surface area (Å²) in [6, 6.07) is 16.3. The van der Waals surface area contributed by atoms with Crippen LogP contribution in [0.5, 0.6) is 0 Å². The number of nitrogens with zero attached hydrogens (tertiary/aromatic N) is 3. The molecule has 31 heavy (non-hydrogen) atoms. The van der Waals surface area contributed by atoms with Gasteiger partial charge in [-0.2, -0.15) is 10.5 Å². The van der Waals surface area contributed by atoms with Crippen molar-refractivity contribution in [2.24, 2.45) is 0 Å². The van der Waals surface area contributed by atoms with Crippen LogP contribution < -0.4 is 0 Å². The summed E-state index contributed by atoms with van der Waals surface area (Å²) in [5, 5.41) is 20.7. The lowest BCUT2D eigenvalue weighted by Gasteiger charge is -2.08. The molecule has 0 radical (unpaired) electrons. The Labute approximate surface area is 187 Å². The third-order valence-corrected chi connectivity index (χ3v) is 6.36. The summed E-state index contributed by atoms with van der Waals surface area (Å²) in [6.07, 6.45) is 16.2. The van der Waals surface area contributed by atoms with E-state index in [1.165, 1.54) is 70.6 Å². The van der Waals surface area contributed by atoms with Crippen molar-refractivity contribution >= 4 is 21.8 Å². The summed E-state index contributed by atoms with van der Waals surface area (Å²) in [6.45, 7) is 3.26. The van der Waals surface area contributed by atoms with Crippen molar-refractivity contribution in [2.75, 3.05) is 0 Å². The molecular formula is C28H35N3. The SMILES string of the molecule is CCCCCCCCCCCCCCn1c2ccc(C#N)cc2c2cc(C#N)ccc21. The van der Waals surface area contributed by atoms with Crippen molar-refractivity contribution in [1.82, 2.24) is 4.57 Å². The molecule has 0 saturated heterocycles. The van der Waals surface area contributed by atoms with Gasteiger partial charge in [0.05, 0.1) is 23.3 Å². The fourth-order valence-electron chi connectivity index (χ4n) is 4.59. The number of aryl methyl sites for hydroxylation is 1. The summed E-state index contributed by atoms with van der Waals surface area (Å²) in [5.41, 5.74) is 3.65. The highest BCUT2D eigenvalue weighted by Gasteiger charge is 2.12. The van der Waals surface area contributed by atoms with Gasteiger partial charge < -0.3 is 4.57 Å². The van der Waals surface area contributed by atoms with Crippen LogP contribution >= 0.6 is 0 Å². The third kappa shape index (κ3) is 6.11. The zero-order valence-corrected chi connectivity index (χ0v) is 19.0. The Bertz CT molecular complexity index is 990. The molecule has 0 bridgehead atoms. The minimum atomic E-state index is 0.666. The van der Waals surface area contributed by atoms with Gasteiger partial charge in [-0.25, -0.2) is 0 Å². The van der Waals surface area contributed by atoms with Gasteiger partial charge in [0, 0.05) is 28.4 Å². The van der Waals surface area contributed by atoms with Crippen LogP contribution in [0.25, 0.3) is 21.8 Å². The quantitative estimate of drug-likeness (QED) is 0.265. The second-order valence-electron chi connectivity index (χ2n) is 8.73. The molecule has 162 valence electrons. The molecular weight excluding hydrogens is 378 g/mol. The van der Waals surface area contributed by atoms with Gasteiger partial charge in [0.1, 0.15) is 0 Å². The van der Waals surface area contributed by atoms with Crippen LogP contribution in [0, 0.1) is 22.7 Å². The number of aromatic nitrogens is 1. The van der Waals surface area contributed by atoms with Gasteiger partial charge in [-0.15, -0.1) is 0 Å². The largest absolute Gasteiger partial charge is 0.340 e. The Kier molecular flexibility index (Phi) is 8.99. The lowest BCUT2D eigenvalue weighted by molar-refractivity contribution is 0.533. The van der Waals surface area contributed by atoms with Crippen LogP contribution in [0.2, 0.25) is 0 Å². The van der Waals surface area contributed by atoms with Crippen molar-refractivity contribution in [2.45, 2.75) is 90.5 Å².